The van der Waals surface area contributed by atoms with Gasteiger partial charge in [-0.2, -0.15) is 9.99 Å². The maximum Gasteiger partial charge on any atom is 0.138 e. The number of halogens is 3. The highest BCUT2D eigenvalue weighted by molar-refractivity contribution is 9.13. The van der Waals surface area contributed by atoms with Gasteiger partial charge >= 0.3 is 0 Å². The van der Waals surface area contributed by atoms with Crippen molar-refractivity contribution in [1.82, 2.24) is 4.73 Å². The van der Waals surface area contributed by atoms with Crippen LogP contribution in [0.5, 0.6) is 0 Å². The summed E-state index contributed by atoms with van der Waals surface area (Å²) in [5.74, 6) is 0. The van der Waals surface area contributed by atoms with Gasteiger partial charge in [-0.15, -0.1) is 0 Å². The van der Waals surface area contributed by atoms with Gasteiger partial charge in [-0.1, -0.05) is 23.7 Å². The van der Waals surface area contributed by atoms with Crippen LogP contribution in [0.2, 0.25) is 5.02 Å². The fraction of sp³-hybridized carbons (Fsp3) is 0. The molecule has 0 aliphatic rings. The Kier molecular flexibility index (Phi) is 3.48. The molecule has 0 aliphatic carbocycles. The fourth-order valence-corrected chi connectivity index (χ4v) is 2.43. The molecular weight excluding hydrogens is 371 g/mol. The second-order valence-corrected chi connectivity index (χ2v) is 5.24. The Balaban J connectivity index is 2.72. The van der Waals surface area contributed by atoms with E-state index in [-0.39, 0.29) is 0 Å². The minimum absolute atomic E-state index is 0.363. The molecule has 0 amide bonds. The Hall–Kier alpha value is -0.960. The molecule has 0 saturated carbocycles. The van der Waals surface area contributed by atoms with E-state index in [2.05, 4.69) is 31.9 Å². The molecular formula is C11H5Br2ClN2O. The number of benzene rings is 1. The zero-order chi connectivity index (χ0) is 12.6. The molecule has 0 saturated heterocycles. The van der Waals surface area contributed by atoms with Crippen molar-refractivity contribution in [3.63, 3.8) is 0 Å². The number of nitrogens with zero attached hydrogens (tertiary/aromatic N) is 2. The first-order valence-electron chi connectivity index (χ1n) is 4.51. The lowest BCUT2D eigenvalue weighted by molar-refractivity contribution is 0.185. The third-order valence-corrected chi connectivity index (χ3v) is 4.55. The Morgan fingerprint density at radius 3 is 2.35 bits per heavy atom. The molecule has 1 heterocycles. The molecule has 2 aromatic rings. The second-order valence-electron chi connectivity index (χ2n) is 3.26. The Morgan fingerprint density at radius 1 is 1.24 bits per heavy atom. The summed E-state index contributed by atoms with van der Waals surface area (Å²) >= 11 is 12.2. The number of aromatic nitrogens is 1. The van der Waals surface area contributed by atoms with Crippen LogP contribution in [0.1, 0.15) is 5.56 Å². The van der Waals surface area contributed by atoms with E-state index in [4.69, 9.17) is 16.9 Å². The molecule has 2 rings (SSSR count). The van der Waals surface area contributed by atoms with Crippen LogP contribution >= 0.6 is 43.5 Å². The van der Waals surface area contributed by atoms with Gasteiger partial charge in [-0.25, -0.2) is 0 Å². The van der Waals surface area contributed by atoms with Crippen LogP contribution in [0.4, 0.5) is 0 Å². The van der Waals surface area contributed by atoms with Crippen LogP contribution in [0.15, 0.2) is 33.3 Å². The van der Waals surface area contributed by atoms with Gasteiger partial charge in [-0.05, 0) is 44.0 Å². The molecule has 0 fully saturated rings. The van der Waals surface area contributed by atoms with Crippen molar-refractivity contribution >= 4 is 43.5 Å². The van der Waals surface area contributed by atoms with Crippen molar-refractivity contribution in [2.24, 2.45) is 0 Å². The highest BCUT2D eigenvalue weighted by Gasteiger charge is 2.20. The molecule has 1 N–H and O–H groups in total. The third-order valence-electron chi connectivity index (χ3n) is 2.26. The quantitative estimate of drug-likeness (QED) is 0.748. The maximum atomic E-state index is 9.91. The first kappa shape index (κ1) is 12.5. The van der Waals surface area contributed by atoms with Crippen LogP contribution in [-0.2, 0) is 0 Å². The van der Waals surface area contributed by atoms with Crippen molar-refractivity contribution in [3.8, 4) is 17.3 Å². The first-order chi connectivity index (χ1) is 8.06. The molecule has 0 atom stereocenters. The molecule has 0 unspecified atom stereocenters. The average molecular weight is 376 g/mol. The predicted octanol–water partition coefficient (Wildman–Crippen LogP) is 4.44. The molecule has 1 aromatic heterocycles. The summed E-state index contributed by atoms with van der Waals surface area (Å²) in [5, 5.41) is 19.6. The lowest BCUT2D eigenvalue weighted by Gasteiger charge is -2.03. The molecule has 0 bridgehead atoms. The minimum Gasteiger partial charge on any atom is -0.427 e. The molecule has 0 aliphatic heterocycles. The minimum atomic E-state index is 0.363. The van der Waals surface area contributed by atoms with Crippen molar-refractivity contribution in [2.75, 3.05) is 0 Å². The van der Waals surface area contributed by atoms with Crippen molar-refractivity contribution in [3.05, 3.63) is 43.9 Å². The summed E-state index contributed by atoms with van der Waals surface area (Å²) in [6.07, 6.45) is 0. The summed E-state index contributed by atoms with van der Waals surface area (Å²) in [6.45, 7) is 0. The van der Waals surface area contributed by atoms with Gasteiger partial charge in [0.25, 0.3) is 0 Å². The van der Waals surface area contributed by atoms with Gasteiger partial charge in [0.15, 0.2) is 0 Å². The van der Waals surface area contributed by atoms with Crippen LogP contribution in [0.25, 0.3) is 11.3 Å². The van der Waals surface area contributed by atoms with Gasteiger partial charge in [0.05, 0.1) is 10.0 Å². The van der Waals surface area contributed by atoms with E-state index in [9.17, 15) is 5.21 Å². The predicted molar refractivity (Wildman–Crippen MR) is 72.2 cm³/mol. The standard InChI is InChI=1S/C11H5Br2ClN2O/c12-9-8(5-15)10(16(17)11(9)13)6-1-3-7(14)4-2-6/h1-4,17H. The van der Waals surface area contributed by atoms with Crippen LogP contribution in [0, 0.1) is 11.3 Å². The Labute approximate surface area is 119 Å². The average Bonchev–Trinajstić information content (AvgIpc) is 2.54. The highest BCUT2D eigenvalue weighted by Crippen LogP contribution is 2.37. The number of rotatable bonds is 1. The molecule has 3 nitrogen and oxygen atoms in total. The molecule has 0 spiro atoms. The summed E-state index contributed by atoms with van der Waals surface area (Å²) in [6, 6.07) is 8.93. The maximum absolute atomic E-state index is 9.91. The number of hydrogen-bond acceptors (Lipinski definition) is 2. The van der Waals surface area contributed by atoms with Crippen molar-refractivity contribution in [2.45, 2.75) is 0 Å². The van der Waals surface area contributed by atoms with Gasteiger partial charge in [0.2, 0.25) is 0 Å². The van der Waals surface area contributed by atoms with Gasteiger partial charge in [0, 0.05) is 10.6 Å². The normalized spacial score (nSPS) is 10.2. The number of nitriles is 1. The van der Waals surface area contributed by atoms with E-state index in [1.54, 1.807) is 24.3 Å². The van der Waals surface area contributed by atoms with E-state index in [1.807, 2.05) is 6.07 Å². The van der Waals surface area contributed by atoms with Gasteiger partial charge in [0.1, 0.15) is 16.4 Å². The van der Waals surface area contributed by atoms with E-state index in [0.717, 1.165) is 4.73 Å². The fourth-order valence-electron chi connectivity index (χ4n) is 1.48. The smallest absolute Gasteiger partial charge is 0.138 e. The molecule has 17 heavy (non-hydrogen) atoms. The van der Waals surface area contributed by atoms with Crippen molar-refractivity contribution < 1.29 is 5.21 Å². The second kappa shape index (κ2) is 4.73. The molecule has 6 heteroatoms. The SMILES string of the molecule is N#Cc1c(Br)c(Br)n(O)c1-c1ccc(Cl)cc1. The van der Waals surface area contributed by atoms with Crippen LogP contribution in [-0.4, -0.2) is 9.94 Å². The molecule has 86 valence electrons. The van der Waals surface area contributed by atoms with Crippen LogP contribution in [0.3, 0.4) is 0 Å². The summed E-state index contributed by atoms with van der Waals surface area (Å²) < 4.78 is 1.85. The van der Waals surface area contributed by atoms with Crippen molar-refractivity contribution in [1.29, 1.82) is 5.26 Å². The Morgan fingerprint density at radius 2 is 1.82 bits per heavy atom. The van der Waals surface area contributed by atoms with E-state index in [0.29, 0.717) is 30.9 Å². The van der Waals surface area contributed by atoms with E-state index in [1.165, 1.54) is 0 Å². The zero-order valence-corrected chi connectivity index (χ0v) is 12.2. The monoisotopic (exact) mass is 374 g/mol. The number of hydrogen-bond donors (Lipinski definition) is 1. The molecule has 0 radical (unpaired) electrons. The zero-order valence-electron chi connectivity index (χ0n) is 8.28. The third kappa shape index (κ3) is 2.08. The first-order valence-corrected chi connectivity index (χ1v) is 6.47. The summed E-state index contributed by atoms with van der Waals surface area (Å²) in [7, 11) is 0. The van der Waals surface area contributed by atoms with Gasteiger partial charge < -0.3 is 5.21 Å². The van der Waals surface area contributed by atoms with E-state index >= 15 is 0 Å². The molecule has 1 aromatic carbocycles. The lowest BCUT2D eigenvalue weighted by atomic mass is 10.1. The van der Waals surface area contributed by atoms with E-state index < -0.39 is 0 Å². The highest BCUT2D eigenvalue weighted by atomic mass is 79.9. The largest absolute Gasteiger partial charge is 0.427 e. The van der Waals surface area contributed by atoms with Gasteiger partial charge in [-0.3, -0.25) is 0 Å². The Bertz CT molecular complexity index is 614. The lowest BCUT2D eigenvalue weighted by Crippen LogP contribution is -1.94. The summed E-state index contributed by atoms with van der Waals surface area (Å²) in [5.41, 5.74) is 1.49. The topological polar surface area (TPSA) is 49.0 Å². The summed E-state index contributed by atoms with van der Waals surface area (Å²) in [4.78, 5) is 0. The van der Waals surface area contributed by atoms with Crippen LogP contribution < -0.4 is 0 Å².